The van der Waals surface area contributed by atoms with E-state index in [1.54, 1.807) is 6.21 Å². The Balaban J connectivity index is 1.62. The monoisotopic (exact) mass is 294 g/mol. The first-order valence-corrected chi connectivity index (χ1v) is 7.37. The molecule has 0 radical (unpaired) electrons. The van der Waals surface area contributed by atoms with E-state index in [4.69, 9.17) is 0 Å². The Morgan fingerprint density at radius 2 is 2.14 bits per heavy atom. The van der Waals surface area contributed by atoms with Crippen LogP contribution in [0.15, 0.2) is 41.0 Å². The lowest BCUT2D eigenvalue weighted by Gasteiger charge is -1.98. The van der Waals surface area contributed by atoms with Gasteiger partial charge in [0.1, 0.15) is 0 Å². The minimum absolute atomic E-state index is 0.261. The van der Waals surface area contributed by atoms with Crippen molar-refractivity contribution in [1.29, 1.82) is 0 Å². The number of aromatic nitrogens is 2. The van der Waals surface area contributed by atoms with Gasteiger partial charge in [0.05, 0.1) is 6.21 Å². The van der Waals surface area contributed by atoms with Crippen molar-refractivity contribution in [2.24, 2.45) is 5.10 Å². The average molecular weight is 294 g/mol. The Morgan fingerprint density at radius 1 is 1.32 bits per heavy atom. The molecule has 112 valence electrons. The fourth-order valence-corrected chi connectivity index (χ4v) is 2.60. The van der Waals surface area contributed by atoms with Crippen molar-refractivity contribution in [3.05, 3.63) is 58.4 Å². The lowest BCUT2D eigenvalue weighted by molar-refractivity contribution is 0.0949. The van der Waals surface area contributed by atoms with Gasteiger partial charge in [-0.1, -0.05) is 36.4 Å². The highest BCUT2D eigenvalue weighted by molar-refractivity contribution is 5.95. The van der Waals surface area contributed by atoms with Crippen LogP contribution >= 0.6 is 0 Å². The lowest BCUT2D eigenvalue weighted by atomic mass is 10.1. The quantitative estimate of drug-likeness (QED) is 0.672. The molecule has 0 saturated heterocycles. The Labute approximate surface area is 129 Å². The van der Waals surface area contributed by atoms with Crippen LogP contribution in [0.4, 0.5) is 0 Å². The summed E-state index contributed by atoms with van der Waals surface area (Å²) in [6.07, 6.45) is 6.59. The molecule has 0 fully saturated rings. The van der Waals surface area contributed by atoms with E-state index in [0.717, 1.165) is 41.7 Å². The number of aryl methyl sites for hydroxylation is 1. The van der Waals surface area contributed by atoms with E-state index in [9.17, 15) is 4.79 Å². The van der Waals surface area contributed by atoms with Gasteiger partial charge in [-0.15, -0.1) is 0 Å². The molecule has 1 aromatic carbocycles. The Kier molecular flexibility index (Phi) is 4.14. The van der Waals surface area contributed by atoms with E-state index in [1.807, 2.05) is 43.3 Å². The number of hydrogen-bond donors (Lipinski definition) is 2. The van der Waals surface area contributed by atoms with Crippen LogP contribution in [0.5, 0.6) is 0 Å². The second-order valence-corrected chi connectivity index (χ2v) is 5.38. The van der Waals surface area contributed by atoms with Crippen LogP contribution in [0.2, 0.25) is 0 Å². The van der Waals surface area contributed by atoms with Gasteiger partial charge in [-0.3, -0.25) is 9.89 Å². The van der Waals surface area contributed by atoms with Crippen LogP contribution in [-0.2, 0) is 12.8 Å². The Morgan fingerprint density at radius 3 is 2.95 bits per heavy atom. The number of allylic oxidation sites excluding steroid dienone is 1. The first-order valence-electron chi connectivity index (χ1n) is 7.37. The molecule has 1 amide bonds. The van der Waals surface area contributed by atoms with E-state index in [2.05, 4.69) is 20.7 Å². The molecule has 1 heterocycles. The summed E-state index contributed by atoms with van der Waals surface area (Å²) in [6, 6.07) is 9.97. The molecule has 0 aliphatic heterocycles. The first-order chi connectivity index (χ1) is 10.7. The van der Waals surface area contributed by atoms with E-state index in [-0.39, 0.29) is 5.91 Å². The zero-order valence-electron chi connectivity index (χ0n) is 12.5. The molecule has 2 aromatic rings. The highest BCUT2D eigenvalue weighted by Crippen LogP contribution is 2.22. The minimum atomic E-state index is -0.261. The van der Waals surface area contributed by atoms with Crippen molar-refractivity contribution in [2.45, 2.75) is 26.2 Å². The molecule has 22 heavy (non-hydrogen) atoms. The zero-order chi connectivity index (χ0) is 15.4. The van der Waals surface area contributed by atoms with Gasteiger partial charge in [0.15, 0.2) is 5.69 Å². The van der Waals surface area contributed by atoms with Gasteiger partial charge in [0.25, 0.3) is 5.91 Å². The molecule has 1 aromatic heterocycles. The van der Waals surface area contributed by atoms with E-state index in [0.29, 0.717) is 5.69 Å². The fourth-order valence-electron chi connectivity index (χ4n) is 2.60. The number of fused-ring (bicyclic) bond motifs is 1. The average Bonchev–Trinajstić information content (AvgIpc) is 3.10. The molecule has 0 unspecified atom stereocenters. The Hall–Kier alpha value is -2.69. The van der Waals surface area contributed by atoms with E-state index in [1.165, 1.54) is 0 Å². The van der Waals surface area contributed by atoms with Gasteiger partial charge in [-0.2, -0.15) is 10.2 Å². The molecule has 1 aliphatic carbocycles. The minimum Gasteiger partial charge on any atom is -0.281 e. The predicted octanol–water partition coefficient (Wildman–Crippen LogP) is 2.72. The number of hydrogen-bond acceptors (Lipinski definition) is 3. The second kappa shape index (κ2) is 6.39. The summed E-state index contributed by atoms with van der Waals surface area (Å²) in [4.78, 5) is 12.1. The van der Waals surface area contributed by atoms with Crippen LogP contribution in [-0.4, -0.2) is 22.3 Å². The number of amides is 1. The summed E-state index contributed by atoms with van der Waals surface area (Å²) in [5, 5.41) is 11.0. The van der Waals surface area contributed by atoms with Gasteiger partial charge in [0.2, 0.25) is 0 Å². The topological polar surface area (TPSA) is 70.1 Å². The molecule has 3 rings (SSSR count). The third-order valence-electron chi connectivity index (χ3n) is 3.65. The number of aromatic amines is 1. The third kappa shape index (κ3) is 3.14. The zero-order valence-corrected chi connectivity index (χ0v) is 12.5. The van der Waals surface area contributed by atoms with Crippen molar-refractivity contribution in [1.82, 2.24) is 15.6 Å². The van der Waals surface area contributed by atoms with Crippen LogP contribution in [0, 0.1) is 0 Å². The molecule has 0 atom stereocenters. The van der Waals surface area contributed by atoms with Crippen LogP contribution in [0.3, 0.4) is 0 Å². The summed E-state index contributed by atoms with van der Waals surface area (Å²) in [5.41, 5.74) is 7.17. The molecule has 0 bridgehead atoms. The smallest absolute Gasteiger partial charge is 0.281 e. The molecular formula is C17H18N4O. The third-order valence-corrected chi connectivity index (χ3v) is 3.65. The predicted molar refractivity (Wildman–Crippen MR) is 86.7 cm³/mol. The number of nitrogens with one attached hydrogen (secondary N) is 2. The van der Waals surface area contributed by atoms with Crippen molar-refractivity contribution in [2.75, 3.05) is 0 Å². The number of rotatable bonds is 4. The number of carbonyl (C=O) groups is 1. The van der Waals surface area contributed by atoms with Crippen molar-refractivity contribution in [3.63, 3.8) is 0 Å². The molecule has 0 spiro atoms. The fraction of sp³-hybridized carbons (Fsp3) is 0.235. The summed E-state index contributed by atoms with van der Waals surface area (Å²) in [6.45, 7) is 1.94. The summed E-state index contributed by atoms with van der Waals surface area (Å²) < 4.78 is 0. The maximum atomic E-state index is 12.1. The summed E-state index contributed by atoms with van der Waals surface area (Å²) in [7, 11) is 0. The molecule has 0 saturated carbocycles. The van der Waals surface area contributed by atoms with Crippen molar-refractivity contribution >= 4 is 18.2 Å². The van der Waals surface area contributed by atoms with Gasteiger partial charge in [-0.05, 0) is 37.3 Å². The normalized spacial score (nSPS) is 14.3. The summed E-state index contributed by atoms with van der Waals surface area (Å²) in [5.74, 6) is -0.261. The molecule has 5 heteroatoms. The maximum absolute atomic E-state index is 12.1. The molecular weight excluding hydrogens is 276 g/mol. The van der Waals surface area contributed by atoms with Crippen molar-refractivity contribution in [3.8, 4) is 0 Å². The number of carbonyl (C=O) groups excluding carboxylic acids is 1. The highest BCUT2D eigenvalue weighted by atomic mass is 16.2. The van der Waals surface area contributed by atoms with Gasteiger partial charge < -0.3 is 0 Å². The van der Waals surface area contributed by atoms with Crippen LogP contribution in [0.25, 0.3) is 6.08 Å². The van der Waals surface area contributed by atoms with Gasteiger partial charge in [-0.25, -0.2) is 5.43 Å². The number of nitrogens with zero attached hydrogens (tertiary/aromatic N) is 2. The maximum Gasteiger partial charge on any atom is 0.292 e. The number of hydrazone groups is 1. The second-order valence-electron chi connectivity index (χ2n) is 5.38. The van der Waals surface area contributed by atoms with Gasteiger partial charge in [0, 0.05) is 11.3 Å². The first kappa shape index (κ1) is 14.3. The number of benzene rings is 1. The largest absolute Gasteiger partial charge is 0.292 e. The van der Waals surface area contributed by atoms with Crippen LogP contribution in [0.1, 0.15) is 40.7 Å². The van der Waals surface area contributed by atoms with Crippen molar-refractivity contribution < 1.29 is 4.79 Å². The van der Waals surface area contributed by atoms with Gasteiger partial charge >= 0.3 is 0 Å². The SMILES string of the molecule is CC(C=NNC(=O)c1n[nH]c2c1CCC2)=Cc1ccccc1. The van der Waals surface area contributed by atoms with E-state index < -0.39 is 0 Å². The summed E-state index contributed by atoms with van der Waals surface area (Å²) >= 11 is 0. The van der Waals surface area contributed by atoms with E-state index >= 15 is 0 Å². The molecule has 2 N–H and O–H groups in total. The number of H-pyrrole nitrogens is 1. The van der Waals surface area contributed by atoms with Crippen LogP contribution < -0.4 is 5.43 Å². The lowest BCUT2D eigenvalue weighted by Crippen LogP contribution is -2.19. The highest BCUT2D eigenvalue weighted by Gasteiger charge is 2.22. The molecule has 5 nitrogen and oxygen atoms in total. The Bertz CT molecular complexity index is 728. The molecule has 1 aliphatic rings. The standard InChI is InChI=1S/C17H18N4O/c1-12(10-13-6-3-2-4-7-13)11-18-21-17(22)16-14-8-5-9-15(14)19-20-16/h2-4,6-7,10-11H,5,8-9H2,1H3,(H,19,20)(H,21,22).